The first kappa shape index (κ1) is 14.8. The molecule has 0 atom stereocenters. The van der Waals surface area contributed by atoms with Crippen LogP contribution in [0.1, 0.15) is 16.8 Å². The van der Waals surface area contributed by atoms with Crippen molar-refractivity contribution >= 4 is 0 Å². The fourth-order valence-corrected chi connectivity index (χ4v) is 2.71. The van der Waals surface area contributed by atoms with Crippen molar-refractivity contribution in [2.45, 2.75) is 13.8 Å². The summed E-state index contributed by atoms with van der Waals surface area (Å²) >= 11 is 0. The second-order valence-corrected chi connectivity index (χ2v) is 5.59. The maximum atomic E-state index is 12.1. The molecule has 0 aliphatic carbocycles. The summed E-state index contributed by atoms with van der Waals surface area (Å²) < 4.78 is 0. The Bertz CT molecular complexity index is 960. The zero-order valence-electron chi connectivity index (χ0n) is 13.1. The van der Waals surface area contributed by atoms with Gasteiger partial charge in [-0.05, 0) is 36.6 Å². The molecule has 1 N–H and O–H groups in total. The van der Waals surface area contributed by atoms with Crippen molar-refractivity contribution in [2.24, 2.45) is 0 Å². The number of hydrogen-bond donors (Lipinski definition) is 1. The quantitative estimate of drug-likeness (QED) is 0.771. The van der Waals surface area contributed by atoms with Crippen LogP contribution in [0, 0.1) is 25.2 Å². The maximum absolute atomic E-state index is 12.1. The lowest BCUT2D eigenvalue weighted by Crippen LogP contribution is -2.12. The summed E-state index contributed by atoms with van der Waals surface area (Å²) in [6.07, 6.45) is 0. The molecule has 3 nitrogen and oxygen atoms in total. The molecule has 3 heteroatoms. The van der Waals surface area contributed by atoms with E-state index in [0.29, 0.717) is 5.56 Å². The minimum absolute atomic E-state index is 0.148. The molecule has 23 heavy (non-hydrogen) atoms. The van der Waals surface area contributed by atoms with Crippen LogP contribution in [0.25, 0.3) is 22.3 Å². The van der Waals surface area contributed by atoms with E-state index >= 15 is 0 Å². The predicted molar refractivity (Wildman–Crippen MR) is 92.1 cm³/mol. The summed E-state index contributed by atoms with van der Waals surface area (Å²) in [6.45, 7) is 3.87. The number of aromatic nitrogens is 1. The van der Waals surface area contributed by atoms with Crippen molar-refractivity contribution in [1.82, 2.24) is 4.98 Å². The molecule has 1 aromatic heterocycles. The average molecular weight is 300 g/mol. The van der Waals surface area contributed by atoms with Crippen LogP contribution in [0.2, 0.25) is 0 Å². The number of pyridine rings is 1. The van der Waals surface area contributed by atoms with Gasteiger partial charge in [0.2, 0.25) is 0 Å². The van der Waals surface area contributed by atoms with Crippen LogP contribution < -0.4 is 5.56 Å². The van der Waals surface area contributed by atoms with E-state index in [1.54, 1.807) is 0 Å². The number of aromatic amines is 1. The molecular weight excluding hydrogens is 284 g/mol. The Labute approximate surface area is 134 Å². The lowest BCUT2D eigenvalue weighted by Gasteiger charge is -2.12. The normalized spacial score (nSPS) is 10.3. The Hall–Kier alpha value is -3.12. The summed E-state index contributed by atoms with van der Waals surface area (Å²) in [7, 11) is 0. The van der Waals surface area contributed by atoms with E-state index in [-0.39, 0.29) is 11.1 Å². The van der Waals surface area contributed by atoms with E-state index in [2.05, 4.69) is 29.2 Å². The van der Waals surface area contributed by atoms with E-state index in [1.165, 1.54) is 5.56 Å². The third kappa shape index (κ3) is 2.79. The molecular formula is C20H16N2O. The van der Waals surface area contributed by atoms with Gasteiger partial charge in [0.05, 0.1) is 0 Å². The van der Waals surface area contributed by atoms with Crippen molar-refractivity contribution in [2.75, 3.05) is 0 Å². The van der Waals surface area contributed by atoms with Crippen molar-refractivity contribution in [3.8, 4) is 28.3 Å². The van der Waals surface area contributed by atoms with Gasteiger partial charge in [0, 0.05) is 11.3 Å². The van der Waals surface area contributed by atoms with Gasteiger partial charge in [0.25, 0.3) is 5.56 Å². The highest BCUT2D eigenvalue weighted by Crippen LogP contribution is 2.33. The molecule has 3 rings (SSSR count). The van der Waals surface area contributed by atoms with Gasteiger partial charge >= 0.3 is 0 Å². The Kier molecular flexibility index (Phi) is 3.82. The van der Waals surface area contributed by atoms with Crippen molar-refractivity contribution in [1.29, 1.82) is 5.26 Å². The Morgan fingerprint density at radius 1 is 0.913 bits per heavy atom. The van der Waals surface area contributed by atoms with Crippen LogP contribution >= 0.6 is 0 Å². The molecule has 112 valence electrons. The van der Waals surface area contributed by atoms with Gasteiger partial charge < -0.3 is 4.98 Å². The molecule has 1 heterocycles. The number of benzene rings is 2. The van der Waals surface area contributed by atoms with E-state index in [0.717, 1.165) is 22.4 Å². The number of nitrogens with one attached hydrogen (secondary N) is 1. The van der Waals surface area contributed by atoms with E-state index in [4.69, 9.17) is 0 Å². The van der Waals surface area contributed by atoms with Crippen LogP contribution in [0.4, 0.5) is 0 Å². The molecule has 0 saturated carbocycles. The zero-order valence-corrected chi connectivity index (χ0v) is 13.1. The van der Waals surface area contributed by atoms with Crippen molar-refractivity contribution < 1.29 is 0 Å². The minimum Gasteiger partial charge on any atom is -0.325 e. The number of H-pyrrole nitrogens is 1. The average Bonchev–Trinajstić information content (AvgIpc) is 2.55. The highest BCUT2D eigenvalue weighted by atomic mass is 16.1. The molecule has 0 saturated heterocycles. The van der Waals surface area contributed by atoms with E-state index in [1.807, 2.05) is 50.2 Å². The number of hydrogen-bond acceptors (Lipinski definition) is 2. The first-order chi connectivity index (χ1) is 11.1. The summed E-state index contributed by atoms with van der Waals surface area (Å²) in [4.78, 5) is 14.8. The van der Waals surface area contributed by atoms with Crippen molar-refractivity contribution in [3.63, 3.8) is 0 Å². The molecule has 0 amide bonds. The fraction of sp³-hybridized carbons (Fsp3) is 0.100. The standard InChI is InChI=1S/C20H16N2O/c1-13-7-9-15(10-8-13)16-5-3-4-6-17(16)18-11-14(2)22-20(23)19(18)12-21/h3-11H,1-2H3,(H,22,23). The minimum atomic E-state index is -0.346. The van der Waals surface area contributed by atoms with E-state index < -0.39 is 0 Å². The molecule has 0 bridgehead atoms. The lowest BCUT2D eigenvalue weighted by molar-refractivity contribution is 1.13. The van der Waals surface area contributed by atoms with Crippen LogP contribution in [-0.2, 0) is 0 Å². The third-order valence-electron chi connectivity index (χ3n) is 3.86. The molecule has 0 spiro atoms. The largest absolute Gasteiger partial charge is 0.325 e. The van der Waals surface area contributed by atoms with Crippen LogP contribution in [0.5, 0.6) is 0 Å². The second kappa shape index (κ2) is 5.94. The van der Waals surface area contributed by atoms with Gasteiger partial charge in [-0.2, -0.15) is 5.26 Å². The highest BCUT2D eigenvalue weighted by molar-refractivity contribution is 5.85. The smallest absolute Gasteiger partial charge is 0.266 e. The first-order valence-electron chi connectivity index (χ1n) is 7.40. The lowest BCUT2D eigenvalue weighted by atomic mass is 9.92. The van der Waals surface area contributed by atoms with Crippen molar-refractivity contribution in [3.05, 3.63) is 81.8 Å². The first-order valence-corrected chi connectivity index (χ1v) is 7.40. The number of nitrogens with zero attached hydrogens (tertiary/aromatic N) is 1. The molecule has 0 aliphatic rings. The maximum Gasteiger partial charge on any atom is 0.266 e. The number of rotatable bonds is 2. The van der Waals surface area contributed by atoms with Gasteiger partial charge in [-0.3, -0.25) is 4.79 Å². The summed E-state index contributed by atoms with van der Waals surface area (Å²) in [6, 6.07) is 20.0. The highest BCUT2D eigenvalue weighted by Gasteiger charge is 2.14. The summed E-state index contributed by atoms with van der Waals surface area (Å²) in [5.74, 6) is 0. The molecule has 0 fully saturated rings. The molecule has 3 aromatic rings. The Morgan fingerprint density at radius 2 is 1.57 bits per heavy atom. The van der Waals surface area contributed by atoms with Gasteiger partial charge in [-0.25, -0.2) is 0 Å². The fourth-order valence-electron chi connectivity index (χ4n) is 2.71. The zero-order chi connectivity index (χ0) is 16.4. The van der Waals surface area contributed by atoms with Gasteiger partial charge in [0.15, 0.2) is 0 Å². The topological polar surface area (TPSA) is 56.6 Å². The molecule has 2 aromatic carbocycles. The summed E-state index contributed by atoms with van der Waals surface area (Å²) in [5, 5.41) is 9.38. The third-order valence-corrected chi connectivity index (χ3v) is 3.86. The van der Waals surface area contributed by atoms with Crippen LogP contribution in [0.3, 0.4) is 0 Å². The predicted octanol–water partition coefficient (Wildman–Crippen LogP) is 4.20. The van der Waals surface area contributed by atoms with Gasteiger partial charge in [-0.15, -0.1) is 0 Å². The number of aryl methyl sites for hydroxylation is 2. The van der Waals surface area contributed by atoms with E-state index in [9.17, 15) is 10.1 Å². The molecule has 0 unspecified atom stereocenters. The molecule has 0 radical (unpaired) electrons. The Balaban J connectivity index is 2.29. The van der Waals surface area contributed by atoms with Crippen LogP contribution in [0.15, 0.2) is 59.4 Å². The van der Waals surface area contributed by atoms with Gasteiger partial charge in [-0.1, -0.05) is 54.1 Å². The number of nitriles is 1. The van der Waals surface area contributed by atoms with Crippen LogP contribution in [-0.4, -0.2) is 4.98 Å². The Morgan fingerprint density at radius 3 is 2.22 bits per heavy atom. The monoisotopic (exact) mass is 300 g/mol. The molecule has 0 aliphatic heterocycles. The van der Waals surface area contributed by atoms with Gasteiger partial charge in [0.1, 0.15) is 11.6 Å². The summed E-state index contributed by atoms with van der Waals surface area (Å²) in [5.41, 5.74) is 5.36. The second-order valence-electron chi connectivity index (χ2n) is 5.59. The SMILES string of the molecule is Cc1ccc(-c2ccccc2-c2cc(C)[nH]c(=O)c2C#N)cc1.